The van der Waals surface area contributed by atoms with Gasteiger partial charge in [0.25, 0.3) is 0 Å². The second-order valence-electron chi connectivity index (χ2n) is 6.95. The van der Waals surface area contributed by atoms with Crippen molar-refractivity contribution < 1.29 is 9.31 Å². The summed E-state index contributed by atoms with van der Waals surface area (Å²) in [5.41, 5.74) is -0.378. The third kappa shape index (κ3) is 2.93. The lowest BCUT2D eigenvalue weighted by atomic mass is 9.78. The van der Waals surface area contributed by atoms with Crippen LogP contribution in [-0.2, 0) is 9.31 Å². The van der Waals surface area contributed by atoms with Crippen molar-refractivity contribution in [2.45, 2.75) is 58.6 Å². The predicted octanol–water partition coefficient (Wildman–Crippen LogP) is 2.83. The Bertz CT molecular complexity index is 295. The molecule has 0 bridgehead atoms. The minimum absolute atomic E-state index is 0.0271. The molecule has 2 rings (SSSR count). The summed E-state index contributed by atoms with van der Waals surface area (Å²) in [4.78, 5) is 0. The summed E-state index contributed by atoms with van der Waals surface area (Å²) in [5, 5.41) is 0. The lowest BCUT2D eigenvalue weighted by molar-refractivity contribution is 0.00578. The molecule has 0 radical (unpaired) electrons. The molecule has 5 heteroatoms. The molecular weight excluding hydrogens is 244 g/mol. The van der Waals surface area contributed by atoms with E-state index in [1.165, 1.54) is 19.5 Å². The standard InChI is InChI=1S/C13H27BNO2P/c1-10-8-15(18)9-11(10)6-7-14-16-12(2,3)13(4,5)17-14/h10-11H,6-9,18H2,1-5H3. The van der Waals surface area contributed by atoms with Crippen LogP contribution in [0.5, 0.6) is 0 Å². The van der Waals surface area contributed by atoms with Gasteiger partial charge in [-0.25, -0.2) is 0 Å². The van der Waals surface area contributed by atoms with Gasteiger partial charge in [0.15, 0.2) is 0 Å². The van der Waals surface area contributed by atoms with E-state index in [1.807, 2.05) is 0 Å². The maximum Gasteiger partial charge on any atom is 0.457 e. The normalized spacial score (nSPS) is 35.3. The third-order valence-electron chi connectivity index (χ3n) is 4.87. The van der Waals surface area contributed by atoms with Crippen LogP contribution < -0.4 is 0 Å². The molecule has 3 atom stereocenters. The van der Waals surface area contributed by atoms with E-state index < -0.39 is 0 Å². The van der Waals surface area contributed by atoms with Crippen molar-refractivity contribution in [1.29, 1.82) is 0 Å². The summed E-state index contributed by atoms with van der Waals surface area (Å²) in [6.07, 6.45) is 2.21. The molecule has 2 saturated heterocycles. The topological polar surface area (TPSA) is 21.7 Å². The number of rotatable bonds is 3. The van der Waals surface area contributed by atoms with E-state index >= 15 is 0 Å². The van der Waals surface area contributed by atoms with Crippen molar-refractivity contribution in [2.75, 3.05) is 13.1 Å². The third-order valence-corrected chi connectivity index (χ3v) is 5.29. The maximum atomic E-state index is 6.04. The van der Waals surface area contributed by atoms with Crippen molar-refractivity contribution in [3.8, 4) is 0 Å². The molecule has 0 amide bonds. The van der Waals surface area contributed by atoms with Crippen LogP contribution in [0.3, 0.4) is 0 Å². The van der Waals surface area contributed by atoms with Crippen molar-refractivity contribution in [3.63, 3.8) is 0 Å². The Balaban J connectivity index is 1.82. The zero-order valence-corrected chi connectivity index (χ0v) is 13.6. The highest BCUT2D eigenvalue weighted by Crippen LogP contribution is 2.39. The fourth-order valence-corrected chi connectivity index (χ4v) is 3.49. The first kappa shape index (κ1) is 14.8. The fourth-order valence-electron chi connectivity index (χ4n) is 2.88. The molecule has 0 aromatic heterocycles. The van der Waals surface area contributed by atoms with E-state index in [-0.39, 0.29) is 18.3 Å². The lowest BCUT2D eigenvalue weighted by Crippen LogP contribution is -2.41. The van der Waals surface area contributed by atoms with Gasteiger partial charge in [-0.2, -0.15) is 0 Å². The highest BCUT2D eigenvalue weighted by Gasteiger charge is 2.50. The monoisotopic (exact) mass is 271 g/mol. The zero-order valence-electron chi connectivity index (χ0n) is 12.4. The predicted molar refractivity (Wildman–Crippen MR) is 79.4 cm³/mol. The van der Waals surface area contributed by atoms with Crippen molar-refractivity contribution in [2.24, 2.45) is 11.8 Å². The van der Waals surface area contributed by atoms with E-state index in [0.29, 0.717) is 0 Å². The quantitative estimate of drug-likeness (QED) is 0.582. The zero-order chi connectivity index (χ0) is 13.6. The first-order valence-electron chi connectivity index (χ1n) is 7.06. The molecule has 0 aliphatic carbocycles. The average Bonchev–Trinajstić information content (AvgIpc) is 2.61. The van der Waals surface area contributed by atoms with Gasteiger partial charge in [-0.1, -0.05) is 22.7 Å². The molecule has 0 N–H and O–H groups in total. The molecule has 18 heavy (non-hydrogen) atoms. The van der Waals surface area contributed by atoms with Crippen LogP contribution >= 0.6 is 9.39 Å². The van der Waals surface area contributed by atoms with Crippen LogP contribution in [0.2, 0.25) is 6.32 Å². The van der Waals surface area contributed by atoms with Crippen LogP contribution in [0.4, 0.5) is 0 Å². The molecule has 3 nitrogen and oxygen atoms in total. The molecule has 2 heterocycles. The van der Waals surface area contributed by atoms with Crippen LogP contribution in [0.1, 0.15) is 41.0 Å². The van der Waals surface area contributed by atoms with Gasteiger partial charge < -0.3 is 9.31 Å². The van der Waals surface area contributed by atoms with Crippen LogP contribution in [-0.4, -0.2) is 36.1 Å². The summed E-state index contributed by atoms with van der Waals surface area (Å²) in [7, 11) is 2.79. The smallest absolute Gasteiger partial charge is 0.403 e. The molecule has 2 fully saturated rings. The highest BCUT2D eigenvalue weighted by atomic mass is 31.0. The van der Waals surface area contributed by atoms with Gasteiger partial charge in [-0.05, 0) is 45.9 Å². The second-order valence-corrected chi connectivity index (χ2v) is 7.68. The Kier molecular flexibility index (Phi) is 4.15. The van der Waals surface area contributed by atoms with E-state index in [2.05, 4.69) is 48.7 Å². The second kappa shape index (κ2) is 5.05. The molecular formula is C13H27BNO2P. The summed E-state index contributed by atoms with van der Waals surface area (Å²) in [6.45, 7) is 13.2. The van der Waals surface area contributed by atoms with Gasteiger partial charge in [-0.15, -0.1) is 0 Å². The fraction of sp³-hybridized carbons (Fsp3) is 1.00. The maximum absolute atomic E-state index is 6.04. The van der Waals surface area contributed by atoms with Crippen molar-refractivity contribution in [1.82, 2.24) is 4.67 Å². The Morgan fingerprint density at radius 3 is 2.17 bits per heavy atom. The van der Waals surface area contributed by atoms with Crippen LogP contribution in [0.25, 0.3) is 0 Å². The SMILES string of the molecule is CC1CN(P)CC1CCB1OC(C)(C)C(C)(C)O1. The van der Waals surface area contributed by atoms with E-state index in [0.717, 1.165) is 18.2 Å². The summed E-state index contributed by atoms with van der Waals surface area (Å²) < 4.78 is 14.4. The Morgan fingerprint density at radius 1 is 1.17 bits per heavy atom. The van der Waals surface area contributed by atoms with E-state index in [9.17, 15) is 0 Å². The lowest BCUT2D eigenvalue weighted by Gasteiger charge is -2.32. The van der Waals surface area contributed by atoms with Gasteiger partial charge in [0.1, 0.15) is 0 Å². The molecule has 0 aromatic rings. The average molecular weight is 271 g/mol. The first-order valence-corrected chi connectivity index (χ1v) is 7.58. The molecule has 2 aliphatic heterocycles. The van der Waals surface area contributed by atoms with E-state index in [4.69, 9.17) is 9.31 Å². The number of hydrogen-bond acceptors (Lipinski definition) is 3. The van der Waals surface area contributed by atoms with Gasteiger partial charge >= 0.3 is 7.12 Å². The summed E-state index contributed by atoms with van der Waals surface area (Å²) in [6, 6.07) is 0. The molecule has 3 unspecified atom stereocenters. The van der Waals surface area contributed by atoms with Gasteiger partial charge in [0.05, 0.1) is 11.2 Å². The molecule has 0 spiro atoms. The van der Waals surface area contributed by atoms with Crippen molar-refractivity contribution in [3.05, 3.63) is 0 Å². The molecule has 104 valence electrons. The summed E-state index contributed by atoms with van der Waals surface area (Å²) in [5.74, 6) is 1.56. The van der Waals surface area contributed by atoms with E-state index in [1.54, 1.807) is 0 Å². The Labute approximate surface area is 114 Å². The van der Waals surface area contributed by atoms with Crippen LogP contribution in [0.15, 0.2) is 0 Å². The summed E-state index contributed by atoms with van der Waals surface area (Å²) >= 11 is 0. The first-order chi connectivity index (χ1) is 8.21. The molecule has 0 aromatic carbocycles. The van der Waals surface area contributed by atoms with Crippen molar-refractivity contribution >= 4 is 16.5 Å². The molecule has 2 aliphatic rings. The minimum Gasteiger partial charge on any atom is -0.403 e. The Hall–Kier alpha value is 0.375. The largest absolute Gasteiger partial charge is 0.457 e. The number of nitrogens with zero attached hydrogens (tertiary/aromatic N) is 1. The number of hydrogen-bond donors (Lipinski definition) is 0. The minimum atomic E-state index is -0.189. The van der Waals surface area contributed by atoms with Gasteiger partial charge in [0.2, 0.25) is 0 Å². The molecule has 0 saturated carbocycles. The van der Waals surface area contributed by atoms with Gasteiger partial charge in [-0.3, -0.25) is 4.67 Å². The van der Waals surface area contributed by atoms with Gasteiger partial charge in [0, 0.05) is 13.1 Å². The highest BCUT2D eigenvalue weighted by molar-refractivity contribution is 7.13. The van der Waals surface area contributed by atoms with Crippen LogP contribution in [0, 0.1) is 11.8 Å². The Morgan fingerprint density at radius 2 is 1.72 bits per heavy atom.